The number of benzene rings is 1. The lowest BCUT2D eigenvalue weighted by atomic mass is 10.1. The summed E-state index contributed by atoms with van der Waals surface area (Å²) in [4.78, 5) is 25.2. The molecule has 0 aromatic heterocycles. The van der Waals surface area contributed by atoms with E-state index in [1.165, 1.54) is 0 Å². The van der Waals surface area contributed by atoms with E-state index in [1.807, 2.05) is 0 Å². The number of nitrogens with zero attached hydrogens (tertiary/aromatic N) is 1. The average Bonchev–Trinajstić information content (AvgIpc) is 2.89. The summed E-state index contributed by atoms with van der Waals surface area (Å²) in [5.41, 5.74) is 1.45. The minimum absolute atomic E-state index is 0.00112. The van der Waals surface area contributed by atoms with Crippen LogP contribution in [-0.4, -0.2) is 41.0 Å². The molecule has 1 aliphatic heterocycles. The first kappa shape index (κ1) is 15.5. The predicted octanol–water partition coefficient (Wildman–Crippen LogP) is 2.13. The Morgan fingerprint density at radius 3 is 2.67 bits per heavy atom. The van der Waals surface area contributed by atoms with Crippen molar-refractivity contribution in [3.63, 3.8) is 0 Å². The van der Waals surface area contributed by atoms with Gasteiger partial charge in [0.25, 0.3) is 0 Å². The van der Waals surface area contributed by atoms with Crippen LogP contribution in [-0.2, 0) is 16.0 Å². The van der Waals surface area contributed by atoms with Crippen LogP contribution in [0.25, 0.3) is 0 Å². The third-order valence-electron chi connectivity index (χ3n) is 3.75. The molecule has 114 valence electrons. The first-order valence-corrected chi connectivity index (χ1v) is 7.46. The van der Waals surface area contributed by atoms with Crippen molar-refractivity contribution in [3.8, 4) is 0 Å². The highest BCUT2D eigenvalue weighted by Gasteiger charge is 2.29. The average molecular weight is 290 g/mol. The number of aliphatic carboxylic acids is 1. The van der Waals surface area contributed by atoms with Crippen LogP contribution in [0.3, 0.4) is 0 Å². The van der Waals surface area contributed by atoms with Gasteiger partial charge in [-0.1, -0.05) is 19.1 Å². The van der Waals surface area contributed by atoms with Crippen molar-refractivity contribution in [1.82, 2.24) is 4.90 Å². The normalized spacial score (nSPS) is 18.6. The molecule has 2 rings (SSSR count). The molecule has 0 saturated carbocycles. The number of carbonyl (C=O) groups excluding carboxylic acids is 1. The Hall–Kier alpha value is -1.88. The fourth-order valence-corrected chi connectivity index (χ4v) is 2.78. The lowest BCUT2D eigenvalue weighted by Crippen LogP contribution is -2.39. The van der Waals surface area contributed by atoms with Gasteiger partial charge in [0.15, 0.2) is 0 Å². The van der Waals surface area contributed by atoms with Crippen molar-refractivity contribution in [2.45, 2.75) is 38.6 Å². The molecule has 1 saturated heterocycles. The lowest BCUT2D eigenvalue weighted by Gasteiger charge is -2.22. The van der Waals surface area contributed by atoms with Gasteiger partial charge in [-0.15, -0.1) is 0 Å². The number of carboxylic acids is 1. The van der Waals surface area contributed by atoms with Gasteiger partial charge in [-0.25, -0.2) is 0 Å². The van der Waals surface area contributed by atoms with Crippen LogP contribution >= 0.6 is 0 Å². The van der Waals surface area contributed by atoms with E-state index in [2.05, 4.69) is 17.1 Å². The second-order valence-corrected chi connectivity index (χ2v) is 5.45. The first-order valence-electron chi connectivity index (χ1n) is 7.46. The molecule has 0 bridgehead atoms. The fraction of sp³-hybridized carbons (Fsp3) is 0.500. The molecule has 0 radical (unpaired) electrons. The van der Waals surface area contributed by atoms with Crippen molar-refractivity contribution in [3.05, 3.63) is 29.8 Å². The number of hydrogen-bond acceptors (Lipinski definition) is 3. The smallest absolute Gasteiger partial charge is 0.307 e. The molecule has 2 N–H and O–H groups in total. The molecular weight excluding hydrogens is 268 g/mol. The van der Waals surface area contributed by atoms with Crippen molar-refractivity contribution in [1.29, 1.82) is 0 Å². The third kappa shape index (κ3) is 4.29. The van der Waals surface area contributed by atoms with E-state index >= 15 is 0 Å². The van der Waals surface area contributed by atoms with E-state index in [-0.39, 0.29) is 18.4 Å². The molecule has 1 fully saturated rings. The summed E-state index contributed by atoms with van der Waals surface area (Å²) in [7, 11) is 0. The van der Waals surface area contributed by atoms with Gasteiger partial charge in [-0.05, 0) is 50.0 Å². The lowest BCUT2D eigenvalue weighted by molar-refractivity contribution is -0.136. The summed E-state index contributed by atoms with van der Waals surface area (Å²) < 4.78 is 0. The Bertz CT molecular complexity index is 499. The van der Waals surface area contributed by atoms with E-state index in [0.717, 1.165) is 43.6 Å². The van der Waals surface area contributed by atoms with Crippen LogP contribution < -0.4 is 5.32 Å². The number of rotatable bonds is 6. The molecule has 1 atom stereocenters. The van der Waals surface area contributed by atoms with Crippen molar-refractivity contribution in [2.24, 2.45) is 0 Å². The van der Waals surface area contributed by atoms with Gasteiger partial charge in [-0.2, -0.15) is 0 Å². The zero-order valence-electron chi connectivity index (χ0n) is 12.3. The van der Waals surface area contributed by atoms with Crippen LogP contribution in [0.1, 0.15) is 31.7 Å². The van der Waals surface area contributed by atoms with Gasteiger partial charge in [-0.3, -0.25) is 14.5 Å². The molecule has 1 amide bonds. The summed E-state index contributed by atoms with van der Waals surface area (Å²) in [6, 6.07) is 6.96. The second-order valence-electron chi connectivity index (χ2n) is 5.45. The topological polar surface area (TPSA) is 69.6 Å². The summed E-state index contributed by atoms with van der Waals surface area (Å²) in [6.07, 6.45) is 3.02. The van der Waals surface area contributed by atoms with E-state index < -0.39 is 5.97 Å². The maximum atomic E-state index is 12.3. The SMILES string of the molecule is CCCN1CCCC1C(=O)Nc1ccc(CC(=O)O)cc1. The maximum Gasteiger partial charge on any atom is 0.307 e. The first-order chi connectivity index (χ1) is 10.1. The standard InChI is InChI=1S/C16H22N2O3/c1-2-9-18-10-3-4-14(18)16(21)17-13-7-5-12(6-8-13)11-15(19)20/h5-8,14H,2-4,9-11H2,1H3,(H,17,21)(H,19,20). The zero-order chi connectivity index (χ0) is 15.2. The largest absolute Gasteiger partial charge is 0.481 e. The maximum absolute atomic E-state index is 12.3. The molecular formula is C16H22N2O3. The van der Waals surface area contributed by atoms with Crippen molar-refractivity contribution >= 4 is 17.6 Å². The van der Waals surface area contributed by atoms with E-state index in [0.29, 0.717) is 0 Å². The number of carbonyl (C=O) groups is 2. The van der Waals surface area contributed by atoms with E-state index in [4.69, 9.17) is 5.11 Å². The molecule has 1 aliphatic rings. The number of hydrogen-bond donors (Lipinski definition) is 2. The molecule has 1 aromatic carbocycles. The number of nitrogens with one attached hydrogen (secondary N) is 1. The quantitative estimate of drug-likeness (QED) is 0.842. The highest BCUT2D eigenvalue weighted by atomic mass is 16.4. The second kappa shape index (κ2) is 7.22. The van der Waals surface area contributed by atoms with Gasteiger partial charge in [0, 0.05) is 5.69 Å². The zero-order valence-corrected chi connectivity index (χ0v) is 12.3. The predicted molar refractivity (Wildman–Crippen MR) is 81.3 cm³/mol. The monoisotopic (exact) mass is 290 g/mol. The van der Waals surface area contributed by atoms with Crippen LogP contribution in [0.15, 0.2) is 24.3 Å². The molecule has 1 aromatic rings. The molecule has 0 spiro atoms. The van der Waals surface area contributed by atoms with Crippen molar-refractivity contribution < 1.29 is 14.7 Å². The minimum Gasteiger partial charge on any atom is -0.481 e. The van der Waals surface area contributed by atoms with Gasteiger partial charge in [0.05, 0.1) is 12.5 Å². The summed E-state index contributed by atoms with van der Waals surface area (Å²) >= 11 is 0. The van der Waals surface area contributed by atoms with Gasteiger partial charge in [0.2, 0.25) is 5.91 Å². The van der Waals surface area contributed by atoms with Crippen LogP contribution in [0.2, 0.25) is 0 Å². The molecule has 5 heteroatoms. The summed E-state index contributed by atoms with van der Waals surface area (Å²) in [6.45, 7) is 4.06. The Balaban J connectivity index is 1.94. The molecule has 0 aliphatic carbocycles. The molecule has 1 heterocycles. The number of amides is 1. The Morgan fingerprint density at radius 1 is 1.33 bits per heavy atom. The van der Waals surface area contributed by atoms with Crippen LogP contribution in [0.4, 0.5) is 5.69 Å². The highest BCUT2D eigenvalue weighted by Crippen LogP contribution is 2.19. The molecule has 1 unspecified atom stereocenters. The summed E-state index contributed by atoms with van der Waals surface area (Å²) in [5.74, 6) is -0.820. The summed E-state index contributed by atoms with van der Waals surface area (Å²) in [5, 5.41) is 11.7. The van der Waals surface area contributed by atoms with Gasteiger partial charge < -0.3 is 10.4 Å². The fourth-order valence-electron chi connectivity index (χ4n) is 2.78. The molecule has 21 heavy (non-hydrogen) atoms. The van der Waals surface area contributed by atoms with E-state index in [9.17, 15) is 9.59 Å². The number of likely N-dealkylation sites (tertiary alicyclic amines) is 1. The third-order valence-corrected chi connectivity index (χ3v) is 3.75. The van der Waals surface area contributed by atoms with Crippen molar-refractivity contribution in [2.75, 3.05) is 18.4 Å². The number of carboxylic acid groups (broad SMARTS) is 1. The molecule has 5 nitrogen and oxygen atoms in total. The van der Waals surface area contributed by atoms with Gasteiger partial charge >= 0.3 is 5.97 Å². The minimum atomic E-state index is -0.854. The Kier molecular flexibility index (Phi) is 5.33. The Morgan fingerprint density at radius 2 is 2.05 bits per heavy atom. The van der Waals surface area contributed by atoms with Crippen LogP contribution in [0.5, 0.6) is 0 Å². The number of anilines is 1. The van der Waals surface area contributed by atoms with Crippen LogP contribution in [0, 0.1) is 0 Å². The van der Waals surface area contributed by atoms with Gasteiger partial charge in [0.1, 0.15) is 0 Å². The Labute approximate surface area is 125 Å². The highest BCUT2D eigenvalue weighted by molar-refractivity contribution is 5.95. The van der Waals surface area contributed by atoms with E-state index in [1.54, 1.807) is 24.3 Å².